The Balaban J connectivity index is 1.81. The summed E-state index contributed by atoms with van der Waals surface area (Å²) in [6, 6.07) is 14.7. The standard InChI is InChI=1S/C47H52N5/c1-9-15-30-50-46-27-20-26-44(51-46)37(12-4)32-45-34(7)35(8)47(52(45)33-40-23-17-16-22-38(40)21-10-2)42-29-28-39(31-36(42)11-3)43(48)25-19-18-24-41(13-5)49-14-6/h9-23,25-33,44,49,51H,3-4,6,24,48H2,1-2,5,7-8H3/q+1/b15-9-,19-18-,21-10-,37-32+,41-13-,43-25-,50-30-,52-33?. The van der Waals surface area contributed by atoms with Crippen LogP contribution >= 0.6 is 0 Å². The molecule has 4 rings (SSSR count). The average molecular weight is 687 g/mol. The fourth-order valence-corrected chi connectivity index (χ4v) is 6.01. The summed E-state index contributed by atoms with van der Waals surface area (Å²) in [6.45, 7) is 22.6. The topological polar surface area (TPSA) is 65.5 Å². The first-order valence-electron chi connectivity index (χ1n) is 17.6. The van der Waals surface area contributed by atoms with Crippen LogP contribution in [-0.4, -0.2) is 23.0 Å². The molecule has 1 unspecified atom stereocenters. The second kappa shape index (κ2) is 19.3. The van der Waals surface area contributed by atoms with Gasteiger partial charge in [0.25, 0.3) is 0 Å². The quantitative estimate of drug-likeness (QED) is 0.0993. The average Bonchev–Trinajstić information content (AvgIpc) is 3.39. The second-order valence-electron chi connectivity index (χ2n) is 12.2. The van der Waals surface area contributed by atoms with E-state index in [-0.39, 0.29) is 6.04 Å². The molecule has 0 radical (unpaired) electrons. The lowest BCUT2D eigenvalue weighted by Crippen LogP contribution is -2.29. The van der Waals surface area contributed by atoms with Crippen LogP contribution in [-0.2, 0) is 0 Å². The minimum Gasteiger partial charge on any atom is -0.398 e. The van der Waals surface area contributed by atoms with Crippen molar-refractivity contribution in [1.29, 1.82) is 0 Å². The third-order valence-corrected chi connectivity index (χ3v) is 8.91. The van der Waals surface area contributed by atoms with E-state index in [1.54, 1.807) is 12.4 Å². The van der Waals surface area contributed by atoms with Crippen LogP contribution in [0.4, 0.5) is 0 Å². The molecule has 4 N–H and O–H groups in total. The van der Waals surface area contributed by atoms with E-state index in [1.807, 2.05) is 75.5 Å². The molecule has 0 aromatic heterocycles. The molecule has 2 heterocycles. The molecule has 264 valence electrons. The Hall–Kier alpha value is -6.20. The van der Waals surface area contributed by atoms with Crippen molar-refractivity contribution in [3.63, 3.8) is 0 Å². The van der Waals surface area contributed by atoms with E-state index in [2.05, 4.69) is 133 Å². The largest absolute Gasteiger partial charge is 0.398 e. The molecule has 0 aliphatic carbocycles. The zero-order valence-electron chi connectivity index (χ0n) is 31.2. The molecule has 0 amide bonds. The number of benzene rings is 2. The lowest BCUT2D eigenvalue weighted by Gasteiger charge is -2.20. The lowest BCUT2D eigenvalue weighted by atomic mass is 9.96. The van der Waals surface area contributed by atoms with Crippen molar-refractivity contribution in [2.75, 3.05) is 0 Å². The van der Waals surface area contributed by atoms with Crippen molar-refractivity contribution >= 4 is 36.0 Å². The summed E-state index contributed by atoms with van der Waals surface area (Å²) in [5.74, 6) is 0.793. The Labute approximate surface area is 311 Å². The maximum atomic E-state index is 6.60. The number of allylic oxidation sites excluding steroid dienone is 12. The normalized spacial score (nSPS) is 18.0. The maximum Gasteiger partial charge on any atom is 0.222 e. The lowest BCUT2D eigenvalue weighted by molar-refractivity contribution is -0.358. The van der Waals surface area contributed by atoms with Crippen LogP contribution in [0.25, 0.3) is 23.5 Å². The van der Waals surface area contributed by atoms with Crippen LogP contribution in [0, 0.1) is 0 Å². The predicted octanol–water partition coefficient (Wildman–Crippen LogP) is 10.5. The van der Waals surface area contributed by atoms with Gasteiger partial charge in [0.15, 0.2) is 6.21 Å². The van der Waals surface area contributed by atoms with Gasteiger partial charge in [-0.3, -0.25) is 0 Å². The van der Waals surface area contributed by atoms with Gasteiger partial charge in [-0.05, 0) is 99.5 Å². The minimum absolute atomic E-state index is 0.100. The monoisotopic (exact) mass is 686 g/mol. The maximum absolute atomic E-state index is 6.60. The zero-order valence-corrected chi connectivity index (χ0v) is 31.2. The summed E-state index contributed by atoms with van der Waals surface area (Å²) in [5.41, 5.74) is 19.1. The van der Waals surface area contributed by atoms with E-state index in [9.17, 15) is 0 Å². The number of dihydropyridines is 1. The summed E-state index contributed by atoms with van der Waals surface area (Å²) in [7, 11) is 0. The predicted molar refractivity (Wildman–Crippen MR) is 227 cm³/mol. The fourth-order valence-electron chi connectivity index (χ4n) is 6.01. The molecule has 2 aliphatic heterocycles. The number of rotatable bonds is 15. The van der Waals surface area contributed by atoms with Crippen LogP contribution in [0.15, 0.2) is 180 Å². The third-order valence-electron chi connectivity index (χ3n) is 8.91. The molecule has 1 atom stereocenters. The molecular weight excluding hydrogens is 635 g/mol. The van der Waals surface area contributed by atoms with Crippen LogP contribution in [0.1, 0.15) is 68.9 Å². The molecule has 0 saturated carbocycles. The first kappa shape index (κ1) is 38.6. The Morgan fingerprint density at radius 3 is 2.46 bits per heavy atom. The van der Waals surface area contributed by atoms with Crippen molar-refractivity contribution in [3.8, 4) is 0 Å². The summed E-state index contributed by atoms with van der Waals surface area (Å²) in [5, 5.41) is 6.70. The van der Waals surface area contributed by atoms with E-state index in [1.165, 1.54) is 11.1 Å². The van der Waals surface area contributed by atoms with Crippen molar-refractivity contribution in [2.45, 2.75) is 47.1 Å². The van der Waals surface area contributed by atoms with Crippen LogP contribution in [0.5, 0.6) is 0 Å². The van der Waals surface area contributed by atoms with Gasteiger partial charge in [0.05, 0.1) is 11.6 Å². The highest BCUT2D eigenvalue weighted by Gasteiger charge is 2.35. The minimum atomic E-state index is -0.100. The van der Waals surface area contributed by atoms with Gasteiger partial charge in [-0.1, -0.05) is 105 Å². The molecule has 2 aromatic rings. The van der Waals surface area contributed by atoms with Gasteiger partial charge in [-0.2, -0.15) is 4.58 Å². The smallest absolute Gasteiger partial charge is 0.222 e. The third kappa shape index (κ3) is 9.52. The number of hydrogen-bond acceptors (Lipinski definition) is 4. The van der Waals surface area contributed by atoms with Crippen molar-refractivity contribution in [3.05, 3.63) is 203 Å². The van der Waals surface area contributed by atoms with Crippen molar-refractivity contribution in [2.24, 2.45) is 10.7 Å². The van der Waals surface area contributed by atoms with Gasteiger partial charge >= 0.3 is 0 Å². The molecule has 2 aromatic carbocycles. The number of nitrogens with two attached hydrogens (primary N) is 1. The van der Waals surface area contributed by atoms with E-state index in [0.29, 0.717) is 5.70 Å². The Kier molecular flexibility index (Phi) is 14.3. The highest BCUT2D eigenvalue weighted by Crippen LogP contribution is 2.39. The number of nitrogens with zero attached hydrogens (tertiary/aromatic N) is 2. The second-order valence-corrected chi connectivity index (χ2v) is 12.2. The molecule has 5 nitrogen and oxygen atoms in total. The van der Waals surface area contributed by atoms with E-state index in [4.69, 9.17) is 5.73 Å². The van der Waals surface area contributed by atoms with Gasteiger partial charge in [0.1, 0.15) is 5.82 Å². The molecule has 2 aliphatic rings. The van der Waals surface area contributed by atoms with Crippen LogP contribution in [0.2, 0.25) is 0 Å². The molecule has 52 heavy (non-hydrogen) atoms. The van der Waals surface area contributed by atoms with E-state index < -0.39 is 0 Å². The first-order chi connectivity index (χ1) is 25.3. The number of nitrogens with one attached hydrogen (secondary N) is 2. The summed E-state index contributed by atoms with van der Waals surface area (Å²) >= 11 is 0. The van der Waals surface area contributed by atoms with Gasteiger partial charge in [0, 0.05) is 46.8 Å². The highest BCUT2D eigenvalue weighted by molar-refractivity contribution is 5.87. The SMILES string of the molecule is C=CN/C(=C\C)C/C=C\C=C(/N)c1ccc(C2=C(C)C(C)=C(/C=C(\C=C)C3C=CC=C(/N=C\C=C/C)N3)[N+]2=Cc2ccccc2/C=C\C)c(C=C)c1. The van der Waals surface area contributed by atoms with E-state index in [0.717, 1.165) is 62.7 Å². The summed E-state index contributed by atoms with van der Waals surface area (Å²) in [6.07, 6.45) is 34.8. The van der Waals surface area contributed by atoms with Gasteiger partial charge < -0.3 is 16.4 Å². The van der Waals surface area contributed by atoms with Gasteiger partial charge in [0.2, 0.25) is 11.4 Å². The Bertz CT molecular complexity index is 2060. The van der Waals surface area contributed by atoms with Crippen molar-refractivity contribution in [1.82, 2.24) is 10.6 Å². The molecule has 0 saturated heterocycles. The van der Waals surface area contributed by atoms with Crippen molar-refractivity contribution < 1.29 is 4.58 Å². The summed E-state index contributed by atoms with van der Waals surface area (Å²) < 4.78 is 2.31. The Morgan fingerprint density at radius 2 is 1.77 bits per heavy atom. The zero-order chi connectivity index (χ0) is 37.5. The van der Waals surface area contributed by atoms with Gasteiger partial charge in [-0.25, -0.2) is 4.99 Å². The first-order valence-corrected chi connectivity index (χ1v) is 17.6. The van der Waals surface area contributed by atoms with Crippen LogP contribution < -0.4 is 16.4 Å². The molecule has 5 heteroatoms. The molecular formula is C47H52N5+. The molecule has 0 bridgehead atoms. The van der Waals surface area contributed by atoms with Gasteiger partial charge in [-0.15, -0.1) is 0 Å². The Morgan fingerprint density at radius 1 is 0.981 bits per heavy atom. The summed E-state index contributed by atoms with van der Waals surface area (Å²) in [4.78, 5) is 4.57. The van der Waals surface area contributed by atoms with Crippen LogP contribution in [0.3, 0.4) is 0 Å². The number of aliphatic imine (C=N–C) groups is 1. The van der Waals surface area contributed by atoms with E-state index >= 15 is 0 Å². The molecule has 0 fully saturated rings. The fraction of sp³-hybridized carbons (Fsp3) is 0.149. The molecule has 0 spiro atoms. The number of hydrogen-bond donors (Lipinski definition) is 3. The highest BCUT2D eigenvalue weighted by atomic mass is 15.1.